The first kappa shape index (κ1) is 46.5. The number of nitrogens with one attached hydrogen (secondary N) is 2. The van der Waals surface area contributed by atoms with E-state index in [1.165, 1.54) is 6.92 Å². The zero-order valence-electron chi connectivity index (χ0n) is 38.4. The van der Waals surface area contributed by atoms with E-state index in [1.54, 1.807) is 39.2 Å². The molecule has 7 aromatic rings. The largest absolute Gasteiger partial charge is 0.459 e. The van der Waals surface area contributed by atoms with Crippen molar-refractivity contribution in [1.82, 2.24) is 20.2 Å². The number of carbonyl (C=O) groups is 4. The molecule has 0 aliphatic heterocycles. The lowest BCUT2D eigenvalue weighted by atomic mass is 9.77. The summed E-state index contributed by atoms with van der Waals surface area (Å²) in [7, 11) is 0. The number of imidazole rings is 1. The third-order valence-electron chi connectivity index (χ3n) is 11.9. The third kappa shape index (κ3) is 10.5. The summed E-state index contributed by atoms with van der Waals surface area (Å²) in [5.74, 6) is -2.01. The summed E-state index contributed by atoms with van der Waals surface area (Å²) in [5, 5.41) is 5.30. The molecule has 0 unspecified atom stereocenters. The first-order valence-corrected chi connectivity index (χ1v) is 22.6. The van der Waals surface area contributed by atoms with Crippen LogP contribution in [0.2, 0.25) is 0 Å². The quantitative estimate of drug-likeness (QED) is 0.0550. The highest BCUT2D eigenvalue weighted by Gasteiger charge is 2.40. The van der Waals surface area contributed by atoms with E-state index in [1.807, 2.05) is 132 Å². The van der Waals surface area contributed by atoms with Crippen molar-refractivity contribution in [2.24, 2.45) is 0 Å². The van der Waals surface area contributed by atoms with Gasteiger partial charge < -0.3 is 34.1 Å². The molecule has 12 nitrogen and oxygen atoms in total. The third-order valence-corrected chi connectivity index (χ3v) is 11.9. The number of alkyl carbamates (subject to hydrolysis) is 2. The molecule has 8 rings (SSSR count). The number of aromatic nitrogens is 2. The van der Waals surface area contributed by atoms with Crippen LogP contribution in [0.5, 0.6) is 0 Å². The molecule has 68 heavy (non-hydrogen) atoms. The van der Waals surface area contributed by atoms with Gasteiger partial charge in [0, 0.05) is 18.5 Å². The Bertz CT molecular complexity index is 2690. The molecule has 1 aliphatic rings. The molecule has 1 aromatic heterocycles. The number of rotatable bonds is 16. The Balaban J connectivity index is 1.10. The number of hydrogen-bond acceptors (Lipinski definition) is 9. The molecule has 1 heterocycles. The Morgan fingerprint density at radius 1 is 0.618 bits per heavy atom. The molecule has 0 radical (unpaired) electrons. The van der Waals surface area contributed by atoms with Crippen LogP contribution < -0.4 is 10.6 Å². The van der Waals surface area contributed by atoms with E-state index in [2.05, 4.69) is 47.0 Å². The second-order valence-corrected chi connectivity index (χ2v) is 17.7. The molecule has 2 amide bonds. The number of esters is 2. The van der Waals surface area contributed by atoms with Crippen molar-refractivity contribution in [3.63, 3.8) is 0 Å². The zero-order valence-corrected chi connectivity index (χ0v) is 38.4. The highest BCUT2D eigenvalue weighted by Crippen LogP contribution is 2.45. The van der Waals surface area contributed by atoms with E-state index in [9.17, 15) is 19.2 Å². The fraction of sp³-hybridized carbons (Fsp3) is 0.232. The van der Waals surface area contributed by atoms with E-state index in [0.29, 0.717) is 11.3 Å². The number of ether oxygens (including phenoxy) is 4. The van der Waals surface area contributed by atoms with Gasteiger partial charge >= 0.3 is 24.1 Å². The van der Waals surface area contributed by atoms with Crippen LogP contribution in [-0.4, -0.2) is 64.1 Å². The van der Waals surface area contributed by atoms with E-state index in [0.717, 1.165) is 38.9 Å². The SMILES string of the molecule is C[C@@H](OC(=O)[C@H](Cc1cn(C(c2ccccc2)(c2ccccc2)c2ccccc2)cn1)NC(=O)OCC1c2ccccc2-c2ccccc21)[C@H](NC(=O)OC(C)(C)C)C(=O)OCc1ccccc1. The van der Waals surface area contributed by atoms with Gasteiger partial charge in [0.05, 0.1) is 12.0 Å². The molecule has 0 saturated carbocycles. The van der Waals surface area contributed by atoms with Gasteiger partial charge in [-0.3, -0.25) is 0 Å². The van der Waals surface area contributed by atoms with Crippen molar-refractivity contribution in [2.75, 3.05) is 6.61 Å². The van der Waals surface area contributed by atoms with E-state index >= 15 is 0 Å². The van der Waals surface area contributed by atoms with Gasteiger partial charge in [-0.05, 0) is 72.2 Å². The van der Waals surface area contributed by atoms with Crippen molar-refractivity contribution in [3.8, 4) is 11.1 Å². The lowest BCUT2D eigenvalue weighted by Gasteiger charge is -2.37. The fourth-order valence-electron chi connectivity index (χ4n) is 8.78. The molecule has 12 heteroatoms. The summed E-state index contributed by atoms with van der Waals surface area (Å²) in [6.07, 6.45) is 0.344. The molecule has 6 aromatic carbocycles. The summed E-state index contributed by atoms with van der Waals surface area (Å²) in [5.41, 5.74) is 6.43. The molecule has 346 valence electrons. The minimum absolute atomic E-state index is 0.00442. The Kier molecular flexibility index (Phi) is 14.1. The molecule has 0 fully saturated rings. The molecule has 0 bridgehead atoms. The smallest absolute Gasteiger partial charge is 0.408 e. The van der Waals surface area contributed by atoms with Crippen molar-refractivity contribution < 1.29 is 38.1 Å². The minimum Gasteiger partial charge on any atom is -0.459 e. The first-order chi connectivity index (χ1) is 32.9. The van der Waals surface area contributed by atoms with Crippen LogP contribution in [0.25, 0.3) is 11.1 Å². The van der Waals surface area contributed by atoms with Gasteiger partial charge in [-0.25, -0.2) is 24.2 Å². The van der Waals surface area contributed by atoms with Crippen LogP contribution in [0.4, 0.5) is 9.59 Å². The standard InChI is InChI=1S/C56H54N4O8/c1-38(50(59-54(64)68-55(2,3)4)52(62)65-35-39-21-9-5-10-22-39)67-51(61)49(58-53(63)66-36-48-46-31-19-17-29-44(46)45-30-18-20-32-47(45)48)33-43-34-60(37-57-43)56(40-23-11-6-12-24-40,41-25-13-7-14-26-41)42-27-15-8-16-28-42/h5-32,34,37-38,48-50H,33,35-36H2,1-4H3,(H,58,63)(H,59,64)/t38-,49+,50+/m1/s1. The van der Waals surface area contributed by atoms with Gasteiger partial charge in [-0.2, -0.15) is 0 Å². The van der Waals surface area contributed by atoms with E-state index in [-0.39, 0.29) is 25.6 Å². The van der Waals surface area contributed by atoms with Gasteiger partial charge in [-0.1, -0.05) is 170 Å². The van der Waals surface area contributed by atoms with Crippen LogP contribution in [0.3, 0.4) is 0 Å². The maximum absolute atomic E-state index is 14.5. The summed E-state index contributed by atoms with van der Waals surface area (Å²) in [6, 6.07) is 52.3. The van der Waals surface area contributed by atoms with Crippen molar-refractivity contribution in [3.05, 3.63) is 221 Å². The molecular formula is C56H54N4O8. The fourth-order valence-corrected chi connectivity index (χ4v) is 8.78. The summed E-state index contributed by atoms with van der Waals surface area (Å²) >= 11 is 0. The van der Waals surface area contributed by atoms with Crippen molar-refractivity contribution in [1.29, 1.82) is 0 Å². The topological polar surface area (TPSA) is 147 Å². The van der Waals surface area contributed by atoms with Crippen molar-refractivity contribution >= 4 is 24.1 Å². The number of hydrogen-bond donors (Lipinski definition) is 2. The van der Waals surface area contributed by atoms with Crippen LogP contribution in [0.1, 0.15) is 72.7 Å². The first-order valence-electron chi connectivity index (χ1n) is 22.6. The summed E-state index contributed by atoms with van der Waals surface area (Å²) in [4.78, 5) is 60.2. The van der Waals surface area contributed by atoms with Crippen LogP contribution in [-0.2, 0) is 47.1 Å². The minimum atomic E-state index is -1.49. The van der Waals surface area contributed by atoms with Crippen LogP contribution >= 0.6 is 0 Å². The average Bonchev–Trinajstić information content (AvgIpc) is 3.95. The highest BCUT2D eigenvalue weighted by molar-refractivity contribution is 5.85. The number of nitrogens with zero attached hydrogens (tertiary/aromatic N) is 2. The van der Waals surface area contributed by atoms with Gasteiger partial charge in [0.15, 0.2) is 6.04 Å². The second kappa shape index (κ2) is 20.7. The molecule has 1 aliphatic carbocycles. The lowest BCUT2D eigenvalue weighted by molar-refractivity contribution is -0.159. The number of amides is 2. The van der Waals surface area contributed by atoms with Gasteiger partial charge in [0.1, 0.15) is 36.5 Å². The summed E-state index contributed by atoms with van der Waals surface area (Å²) < 4.78 is 25.0. The zero-order chi connectivity index (χ0) is 47.7. The number of carbonyl (C=O) groups excluding carboxylic acids is 4. The predicted molar refractivity (Wildman–Crippen MR) is 257 cm³/mol. The molecular weight excluding hydrogens is 857 g/mol. The number of fused-ring (bicyclic) bond motifs is 3. The van der Waals surface area contributed by atoms with E-state index in [4.69, 9.17) is 23.9 Å². The maximum Gasteiger partial charge on any atom is 0.408 e. The number of benzene rings is 6. The normalized spacial score (nSPS) is 13.5. The van der Waals surface area contributed by atoms with Gasteiger partial charge in [0.25, 0.3) is 0 Å². The van der Waals surface area contributed by atoms with E-state index < -0.39 is 53.5 Å². The average molecular weight is 911 g/mol. The van der Waals surface area contributed by atoms with Gasteiger partial charge in [-0.15, -0.1) is 0 Å². The highest BCUT2D eigenvalue weighted by atomic mass is 16.6. The molecule has 3 atom stereocenters. The molecule has 0 spiro atoms. The second-order valence-electron chi connectivity index (χ2n) is 17.7. The van der Waals surface area contributed by atoms with Crippen LogP contribution in [0, 0.1) is 0 Å². The maximum atomic E-state index is 14.5. The molecule has 0 saturated heterocycles. The van der Waals surface area contributed by atoms with Crippen LogP contribution in [0.15, 0.2) is 182 Å². The van der Waals surface area contributed by atoms with Crippen molar-refractivity contribution in [2.45, 2.75) is 76.0 Å². The Morgan fingerprint density at radius 2 is 1.12 bits per heavy atom. The van der Waals surface area contributed by atoms with Gasteiger partial charge in [0.2, 0.25) is 0 Å². The Labute approximate surface area is 396 Å². The summed E-state index contributed by atoms with van der Waals surface area (Å²) in [6.45, 7) is 6.40. The monoisotopic (exact) mass is 910 g/mol. The molecule has 2 N–H and O–H groups in total. The predicted octanol–water partition coefficient (Wildman–Crippen LogP) is 9.74. The lowest BCUT2D eigenvalue weighted by Crippen LogP contribution is -2.53. The Hall–Kier alpha value is -7.99. The Morgan fingerprint density at radius 3 is 1.65 bits per heavy atom.